The predicted octanol–water partition coefficient (Wildman–Crippen LogP) is 3.08. The third kappa shape index (κ3) is 2.81. The van der Waals surface area contributed by atoms with Crippen LogP contribution in [0.3, 0.4) is 0 Å². The summed E-state index contributed by atoms with van der Waals surface area (Å²) in [6.07, 6.45) is 2.34. The van der Waals surface area contributed by atoms with Crippen LogP contribution in [0.5, 0.6) is 0 Å². The molecular formula is C12H12BrN3O. The largest absolute Gasteiger partial charge is 0.337 e. The van der Waals surface area contributed by atoms with E-state index in [4.69, 9.17) is 10.3 Å². The van der Waals surface area contributed by atoms with Crippen LogP contribution in [0.2, 0.25) is 0 Å². The second-order valence-corrected chi connectivity index (χ2v) is 4.51. The van der Waals surface area contributed by atoms with Crippen LogP contribution < -0.4 is 5.73 Å². The van der Waals surface area contributed by atoms with E-state index in [0.717, 1.165) is 10.0 Å². The van der Waals surface area contributed by atoms with Crippen molar-refractivity contribution in [1.82, 2.24) is 10.1 Å². The number of hydrogen-bond donors (Lipinski definition) is 1. The smallest absolute Gasteiger partial charge is 0.244 e. The quantitative estimate of drug-likeness (QED) is 0.880. The third-order valence-corrected chi connectivity index (χ3v) is 2.81. The molecule has 0 aliphatic carbocycles. The maximum absolute atomic E-state index is 5.85. The first kappa shape index (κ1) is 12.0. The molecular weight excluding hydrogens is 282 g/mol. The van der Waals surface area contributed by atoms with Gasteiger partial charge in [-0.05, 0) is 30.7 Å². The molecule has 2 N–H and O–H groups in total. The molecule has 0 bridgehead atoms. The van der Waals surface area contributed by atoms with E-state index in [9.17, 15) is 0 Å². The third-order valence-electron chi connectivity index (χ3n) is 2.28. The minimum Gasteiger partial charge on any atom is -0.337 e. The van der Waals surface area contributed by atoms with Gasteiger partial charge < -0.3 is 10.3 Å². The molecule has 1 heterocycles. The molecule has 0 amide bonds. The van der Waals surface area contributed by atoms with Crippen molar-refractivity contribution < 1.29 is 4.52 Å². The average Bonchev–Trinajstić information content (AvgIpc) is 2.80. The fourth-order valence-electron chi connectivity index (χ4n) is 1.38. The van der Waals surface area contributed by atoms with Gasteiger partial charge in [0.1, 0.15) is 0 Å². The van der Waals surface area contributed by atoms with Gasteiger partial charge in [0.2, 0.25) is 11.7 Å². The van der Waals surface area contributed by atoms with Crippen molar-refractivity contribution in [3.63, 3.8) is 0 Å². The van der Waals surface area contributed by atoms with Gasteiger partial charge >= 0.3 is 0 Å². The highest BCUT2D eigenvalue weighted by atomic mass is 79.9. The summed E-state index contributed by atoms with van der Waals surface area (Å²) in [4.78, 5) is 4.26. The van der Waals surface area contributed by atoms with Crippen molar-refractivity contribution in [2.45, 2.75) is 12.5 Å². The van der Waals surface area contributed by atoms with Gasteiger partial charge in [0.25, 0.3) is 0 Å². The van der Waals surface area contributed by atoms with E-state index in [0.29, 0.717) is 18.1 Å². The van der Waals surface area contributed by atoms with E-state index in [-0.39, 0.29) is 6.04 Å². The van der Waals surface area contributed by atoms with Crippen molar-refractivity contribution in [3.05, 3.63) is 47.3 Å². The van der Waals surface area contributed by atoms with Crippen molar-refractivity contribution >= 4 is 15.9 Å². The molecule has 0 saturated heterocycles. The van der Waals surface area contributed by atoms with Gasteiger partial charge in [-0.15, -0.1) is 6.58 Å². The lowest BCUT2D eigenvalue weighted by atomic mass is 10.2. The Kier molecular flexibility index (Phi) is 3.71. The second-order valence-electron chi connectivity index (χ2n) is 3.59. The minimum absolute atomic E-state index is 0.288. The molecule has 0 aliphatic heterocycles. The van der Waals surface area contributed by atoms with E-state index in [1.165, 1.54) is 0 Å². The van der Waals surface area contributed by atoms with Gasteiger partial charge in [-0.1, -0.05) is 27.2 Å². The molecule has 0 aliphatic rings. The Morgan fingerprint density at radius 2 is 2.12 bits per heavy atom. The minimum atomic E-state index is -0.288. The summed E-state index contributed by atoms with van der Waals surface area (Å²) >= 11 is 3.37. The fourth-order valence-corrected chi connectivity index (χ4v) is 1.65. The Labute approximate surface area is 108 Å². The second kappa shape index (κ2) is 5.25. The zero-order valence-corrected chi connectivity index (χ0v) is 10.7. The molecule has 4 nitrogen and oxygen atoms in total. The summed E-state index contributed by atoms with van der Waals surface area (Å²) in [5.74, 6) is 0.981. The van der Waals surface area contributed by atoms with E-state index in [1.54, 1.807) is 6.08 Å². The maximum Gasteiger partial charge on any atom is 0.244 e. The van der Waals surface area contributed by atoms with Gasteiger partial charge in [-0.3, -0.25) is 0 Å². The highest BCUT2D eigenvalue weighted by Crippen LogP contribution is 2.21. The summed E-state index contributed by atoms with van der Waals surface area (Å²) in [5.41, 5.74) is 6.74. The molecule has 0 spiro atoms. The van der Waals surface area contributed by atoms with Gasteiger partial charge in [0.05, 0.1) is 6.04 Å². The normalized spacial score (nSPS) is 12.4. The zero-order valence-electron chi connectivity index (χ0n) is 9.14. The predicted molar refractivity (Wildman–Crippen MR) is 69.2 cm³/mol. The van der Waals surface area contributed by atoms with E-state index < -0.39 is 0 Å². The SMILES string of the molecule is C=CCC(N)c1nc(-c2ccc(Br)cc2)no1. The van der Waals surface area contributed by atoms with Gasteiger partial charge in [0.15, 0.2) is 0 Å². The Morgan fingerprint density at radius 3 is 2.76 bits per heavy atom. The van der Waals surface area contributed by atoms with Gasteiger partial charge in [-0.25, -0.2) is 0 Å². The zero-order chi connectivity index (χ0) is 12.3. The number of aromatic nitrogens is 2. The van der Waals surface area contributed by atoms with Crippen LogP contribution in [0.15, 0.2) is 45.9 Å². The summed E-state index contributed by atoms with van der Waals surface area (Å²) in [6, 6.07) is 7.39. The van der Waals surface area contributed by atoms with E-state index in [2.05, 4.69) is 32.6 Å². The topological polar surface area (TPSA) is 64.9 Å². The molecule has 0 saturated carbocycles. The summed E-state index contributed by atoms with van der Waals surface area (Å²) in [7, 11) is 0. The maximum atomic E-state index is 5.85. The van der Waals surface area contributed by atoms with Crippen LogP contribution in [-0.4, -0.2) is 10.1 Å². The number of benzene rings is 1. The highest BCUT2D eigenvalue weighted by Gasteiger charge is 2.14. The molecule has 0 fully saturated rings. The summed E-state index contributed by atoms with van der Waals surface area (Å²) in [6.45, 7) is 3.63. The summed E-state index contributed by atoms with van der Waals surface area (Å²) in [5, 5.41) is 3.90. The van der Waals surface area contributed by atoms with Crippen LogP contribution in [0, 0.1) is 0 Å². The Hall–Kier alpha value is -1.46. The lowest BCUT2D eigenvalue weighted by molar-refractivity contribution is 0.356. The molecule has 0 radical (unpaired) electrons. The Morgan fingerprint density at radius 1 is 1.41 bits per heavy atom. The molecule has 1 unspecified atom stereocenters. The number of hydrogen-bond acceptors (Lipinski definition) is 4. The van der Waals surface area contributed by atoms with Crippen LogP contribution >= 0.6 is 15.9 Å². The Bertz CT molecular complexity index is 507. The van der Waals surface area contributed by atoms with Gasteiger partial charge in [0, 0.05) is 10.0 Å². The van der Waals surface area contributed by atoms with Gasteiger partial charge in [-0.2, -0.15) is 4.98 Å². The monoisotopic (exact) mass is 293 g/mol. The molecule has 2 rings (SSSR count). The molecule has 88 valence electrons. The molecule has 1 atom stereocenters. The highest BCUT2D eigenvalue weighted by molar-refractivity contribution is 9.10. The number of nitrogens with zero attached hydrogens (tertiary/aromatic N) is 2. The first-order valence-electron chi connectivity index (χ1n) is 5.16. The van der Waals surface area contributed by atoms with Crippen LogP contribution in [0.1, 0.15) is 18.4 Å². The average molecular weight is 294 g/mol. The lowest BCUT2D eigenvalue weighted by Crippen LogP contribution is -2.09. The number of nitrogens with two attached hydrogens (primary N) is 1. The molecule has 17 heavy (non-hydrogen) atoms. The van der Waals surface area contributed by atoms with Crippen molar-refractivity contribution in [3.8, 4) is 11.4 Å². The molecule has 1 aromatic carbocycles. The first-order valence-corrected chi connectivity index (χ1v) is 5.96. The number of rotatable bonds is 4. The van der Waals surface area contributed by atoms with Crippen molar-refractivity contribution in [1.29, 1.82) is 0 Å². The van der Waals surface area contributed by atoms with E-state index in [1.807, 2.05) is 24.3 Å². The lowest BCUT2D eigenvalue weighted by Gasteiger charge is -2.00. The van der Waals surface area contributed by atoms with Crippen molar-refractivity contribution in [2.24, 2.45) is 5.73 Å². The van der Waals surface area contributed by atoms with Crippen LogP contribution in [0.25, 0.3) is 11.4 Å². The molecule has 5 heteroatoms. The van der Waals surface area contributed by atoms with Crippen LogP contribution in [0.4, 0.5) is 0 Å². The Balaban J connectivity index is 2.23. The number of halogens is 1. The fraction of sp³-hybridized carbons (Fsp3) is 0.167. The standard InChI is InChI=1S/C12H12BrN3O/c1-2-3-10(14)12-15-11(16-17-12)8-4-6-9(13)7-5-8/h2,4-7,10H,1,3,14H2. The van der Waals surface area contributed by atoms with Crippen molar-refractivity contribution in [2.75, 3.05) is 0 Å². The first-order chi connectivity index (χ1) is 8.20. The van der Waals surface area contributed by atoms with E-state index >= 15 is 0 Å². The summed E-state index contributed by atoms with van der Waals surface area (Å²) < 4.78 is 6.13. The van der Waals surface area contributed by atoms with Crippen LogP contribution in [-0.2, 0) is 0 Å². The molecule has 2 aromatic rings. The molecule has 1 aromatic heterocycles.